The number of nitrogens with two attached hydrogens (primary N) is 1. The second kappa shape index (κ2) is 8.26. The van der Waals surface area contributed by atoms with Gasteiger partial charge in [-0.05, 0) is 18.8 Å². The maximum atomic E-state index is 11.9. The zero-order valence-electron chi connectivity index (χ0n) is 12.5. The fourth-order valence-corrected chi connectivity index (χ4v) is 1.35. The molecule has 6 nitrogen and oxygen atoms in total. The summed E-state index contributed by atoms with van der Waals surface area (Å²) in [5.41, 5.74) is 5.61. The summed E-state index contributed by atoms with van der Waals surface area (Å²) < 4.78 is 4.74. The predicted molar refractivity (Wildman–Crippen MR) is 79.1 cm³/mol. The summed E-state index contributed by atoms with van der Waals surface area (Å²) in [6, 6.07) is -1.77. The standard InChI is InChI=1S/C13H24N2O4S/c1-6(2)9(14)12(17)19-13(18)10(7(3)4)15-11(16)8(5)20/h6-10,20H,14H2,1-5H3,(H,15,16)/t8?,9-,10-/m0/s1. The van der Waals surface area contributed by atoms with E-state index < -0.39 is 35.2 Å². The van der Waals surface area contributed by atoms with Crippen molar-refractivity contribution in [2.75, 3.05) is 0 Å². The first kappa shape index (κ1) is 18.9. The van der Waals surface area contributed by atoms with Gasteiger partial charge in [-0.2, -0.15) is 12.6 Å². The Labute approximate surface area is 125 Å². The molecule has 0 rings (SSSR count). The third-order valence-corrected chi connectivity index (χ3v) is 3.02. The number of esters is 2. The number of nitrogens with one attached hydrogen (secondary N) is 1. The molecular weight excluding hydrogens is 280 g/mol. The Morgan fingerprint density at radius 1 is 1.00 bits per heavy atom. The molecule has 0 bridgehead atoms. The Morgan fingerprint density at radius 3 is 1.85 bits per heavy atom. The molecule has 7 heteroatoms. The molecule has 0 aromatic heterocycles. The Balaban J connectivity index is 4.75. The molecule has 3 N–H and O–H groups in total. The van der Waals surface area contributed by atoms with E-state index in [4.69, 9.17) is 10.5 Å². The van der Waals surface area contributed by atoms with Crippen molar-refractivity contribution in [1.29, 1.82) is 0 Å². The first-order valence-electron chi connectivity index (χ1n) is 6.57. The van der Waals surface area contributed by atoms with Crippen molar-refractivity contribution >= 4 is 30.5 Å². The van der Waals surface area contributed by atoms with Crippen LogP contribution in [-0.2, 0) is 19.1 Å². The minimum absolute atomic E-state index is 0.139. The van der Waals surface area contributed by atoms with E-state index in [9.17, 15) is 14.4 Å². The highest BCUT2D eigenvalue weighted by molar-refractivity contribution is 7.81. The molecule has 116 valence electrons. The summed E-state index contributed by atoms with van der Waals surface area (Å²) in [6.07, 6.45) is 0. The molecule has 0 saturated heterocycles. The zero-order valence-corrected chi connectivity index (χ0v) is 13.4. The van der Waals surface area contributed by atoms with E-state index in [0.717, 1.165) is 0 Å². The smallest absolute Gasteiger partial charge is 0.336 e. The molecule has 1 unspecified atom stereocenters. The normalized spacial score (nSPS) is 15.7. The average Bonchev–Trinajstić information content (AvgIpc) is 2.33. The van der Waals surface area contributed by atoms with E-state index in [2.05, 4.69) is 17.9 Å². The number of ether oxygens (including phenoxy) is 1. The number of amides is 1. The van der Waals surface area contributed by atoms with E-state index in [-0.39, 0.29) is 11.8 Å². The summed E-state index contributed by atoms with van der Waals surface area (Å²) in [5, 5.41) is 1.95. The van der Waals surface area contributed by atoms with E-state index in [1.807, 2.05) is 0 Å². The van der Waals surface area contributed by atoms with Crippen LogP contribution >= 0.6 is 12.6 Å². The lowest BCUT2D eigenvalue weighted by Gasteiger charge is -2.22. The number of hydrogen-bond acceptors (Lipinski definition) is 6. The summed E-state index contributed by atoms with van der Waals surface area (Å²) in [6.45, 7) is 8.56. The second-order valence-corrected chi connectivity index (χ2v) is 6.19. The van der Waals surface area contributed by atoms with Crippen molar-refractivity contribution in [3.8, 4) is 0 Å². The van der Waals surface area contributed by atoms with Crippen molar-refractivity contribution in [3.63, 3.8) is 0 Å². The molecule has 1 amide bonds. The molecular formula is C13H24N2O4S. The van der Waals surface area contributed by atoms with Gasteiger partial charge in [-0.15, -0.1) is 0 Å². The van der Waals surface area contributed by atoms with Gasteiger partial charge in [0.25, 0.3) is 0 Å². The van der Waals surface area contributed by atoms with Gasteiger partial charge in [0.2, 0.25) is 5.91 Å². The molecule has 3 atom stereocenters. The highest BCUT2D eigenvalue weighted by Crippen LogP contribution is 2.08. The maximum absolute atomic E-state index is 11.9. The van der Waals surface area contributed by atoms with E-state index >= 15 is 0 Å². The number of thiol groups is 1. The quantitative estimate of drug-likeness (QED) is 0.377. The summed E-state index contributed by atoms with van der Waals surface area (Å²) >= 11 is 3.98. The van der Waals surface area contributed by atoms with Gasteiger partial charge >= 0.3 is 11.9 Å². The van der Waals surface area contributed by atoms with Crippen LogP contribution in [0.1, 0.15) is 34.6 Å². The third-order valence-electron chi connectivity index (χ3n) is 2.79. The highest BCUT2D eigenvalue weighted by atomic mass is 32.1. The van der Waals surface area contributed by atoms with Gasteiger partial charge in [0, 0.05) is 0 Å². The maximum Gasteiger partial charge on any atom is 0.336 e. The molecule has 0 radical (unpaired) electrons. The molecule has 0 aliphatic rings. The van der Waals surface area contributed by atoms with Crippen LogP contribution in [0.4, 0.5) is 0 Å². The van der Waals surface area contributed by atoms with Crippen molar-refractivity contribution in [3.05, 3.63) is 0 Å². The molecule has 0 saturated carbocycles. The minimum Gasteiger partial charge on any atom is -0.390 e. The van der Waals surface area contributed by atoms with Gasteiger partial charge in [-0.25, -0.2) is 9.59 Å². The van der Waals surface area contributed by atoms with Crippen LogP contribution in [0.25, 0.3) is 0 Å². The zero-order chi connectivity index (χ0) is 16.0. The fourth-order valence-electron chi connectivity index (χ4n) is 1.27. The van der Waals surface area contributed by atoms with Crippen LogP contribution in [0, 0.1) is 11.8 Å². The number of hydrogen-bond donors (Lipinski definition) is 3. The van der Waals surface area contributed by atoms with Gasteiger partial charge in [-0.3, -0.25) is 4.79 Å². The first-order valence-corrected chi connectivity index (χ1v) is 7.09. The first-order chi connectivity index (χ1) is 9.07. The van der Waals surface area contributed by atoms with Crippen LogP contribution in [0.15, 0.2) is 0 Å². The number of carbonyl (C=O) groups is 3. The van der Waals surface area contributed by atoms with Crippen LogP contribution in [0.3, 0.4) is 0 Å². The SMILES string of the molecule is CC(S)C(=O)N[C@H](C(=O)OC(=O)[C@@H](N)C(C)C)C(C)C. The molecule has 0 heterocycles. The summed E-state index contributed by atoms with van der Waals surface area (Å²) in [4.78, 5) is 35.2. The largest absolute Gasteiger partial charge is 0.390 e. The Bertz CT molecular complexity index is 369. The highest BCUT2D eigenvalue weighted by Gasteiger charge is 2.30. The van der Waals surface area contributed by atoms with Gasteiger partial charge in [0.05, 0.1) is 5.25 Å². The average molecular weight is 304 g/mol. The van der Waals surface area contributed by atoms with Gasteiger partial charge < -0.3 is 15.8 Å². The monoisotopic (exact) mass is 304 g/mol. The van der Waals surface area contributed by atoms with Crippen LogP contribution < -0.4 is 11.1 Å². The Kier molecular flexibility index (Phi) is 7.82. The fraction of sp³-hybridized carbons (Fsp3) is 0.769. The molecule has 0 fully saturated rings. The molecule has 0 aromatic rings. The topological polar surface area (TPSA) is 98.5 Å². The summed E-state index contributed by atoms with van der Waals surface area (Å²) in [5.74, 6) is -2.35. The molecule has 0 aliphatic carbocycles. The van der Waals surface area contributed by atoms with E-state index in [1.54, 1.807) is 34.6 Å². The molecule has 0 aliphatic heterocycles. The van der Waals surface area contributed by atoms with Crippen molar-refractivity contribution in [2.45, 2.75) is 52.0 Å². The molecule has 0 spiro atoms. The number of rotatable bonds is 6. The van der Waals surface area contributed by atoms with Crippen LogP contribution in [0.2, 0.25) is 0 Å². The third kappa shape index (κ3) is 5.92. The summed E-state index contributed by atoms with van der Waals surface area (Å²) in [7, 11) is 0. The van der Waals surface area contributed by atoms with Crippen molar-refractivity contribution < 1.29 is 19.1 Å². The van der Waals surface area contributed by atoms with Gasteiger partial charge in [-0.1, -0.05) is 27.7 Å². The minimum atomic E-state index is -0.902. The predicted octanol–water partition coefficient (Wildman–Crippen LogP) is 0.499. The van der Waals surface area contributed by atoms with Gasteiger partial charge in [0.15, 0.2) is 0 Å². The Morgan fingerprint density at radius 2 is 1.50 bits per heavy atom. The lowest BCUT2D eigenvalue weighted by atomic mass is 10.0. The molecule has 20 heavy (non-hydrogen) atoms. The van der Waals surface area contributed by atoms with Crippen molar-refractivity contribution in [2.24, 2.45) is 17.6 Å². The molecule has 0 aromatic carbocycles. The van der Waals surface area contributed by atoms with Crippen LogP contribution in [-0.4, -0.2) is 35.2 Å². The van der Waals surface area contributed by atoms with Crippen molar-refractivity contribution in [1.82, 2.24) is 5.32 Å². The van der Waals surface area contributed by atoms with Gasteiger partial charge in [0.1, 0.15) is 12.1 Å². The van der Waals surface area contributed by atoms with E-state index in [1.165, 1.54) is 0 Å². The van der Waals surface area contributed by atoms with Crippen LogP contribution in [0.5, 0.6) is 0 Å². The lowest BCUT2D eigenvalue weighted by Crippen LogP contribution is -2.49. The Hall–Kier alpha value is -1.08. The number of carbonyl (C=O) groups excluding carboxylic acids is 3. The second-order valence-electron chi connectivity index (χ2n) is 5.42. The lowest BCUT2D eigenvalue weighted by molar-refractivity contribution is -0.164. The van der Waals surface area contributed by atoms with E-state index in [0.29, 0.717) is 0 Å².